The number of likely N-dealkylation sites (N-methyl/N-ethyl adjacent to an activating group) is 1. The molecule has 0 aromatic carbocycles. The molecule has 0 aliphatic rings. The highest BCUT2D eigenvalue weighted by atomic mass is 16.3. The molecule has 0 spiro atoms. The van der Waals surface area contributed by atoms with Crippen LogP contribution in [0.3, 0.4) is 0 Å². The molecule has 5 N–H and O–H groups in total. The van der Waals surface area contributed by atoms with Gasteiger partial charge in [-0.2, -0.15) is 0 Å². The number of carbonyl (C=O) groups excluding carboxylic acids is 2. The maximum Gasteiger partial charge on any atom is 0.315 e. The van der Waals surface area contributed by atoms with Gasteiger partial charge in [0.05, 0.1) is 0 Å². The maximum absolute atomic E-state index is 11.5. The standard InChI is InChI=1S/C11H23N3O4/c1-7(2)9(10(17)12-3)14-11(18)13-4-8(5-15)6-16/h7-9,15-16H,4-6H2,1-3H3,(H,12,17)(H2,13,14,18)/t9-/m0/s1. The molecule has 7 nitrogen and oxygen atoms in total. The van der Waals surface area contributed by atoms with Crippen LogP contribution in [-0.2, 0) is 4.79 Å². The Kier molecular flexibility index (Phi) is 8.06. The summed E-state index contributed by atoms with van der Waals surface area (Å²) in [4.78, 5) is 23.1. The molecule has 0 aliphatic heterocycles. The van der Waals surface area contributed by atoms with Crippen molar-refractivity contribution in [3.63, 3.8) is 0 Å². The topological polar surface area (TPSA) is 111 Å². The average Bonchev–Trinajstić information content (AvgIpc) is 2.35. The summed E-state index contributed by atoms with van der Waals surface area (Å²) in [7, 11) is 1.50. The van der Waals surface area contributed by atoms with Crippen molar-refractivity contribution < 1.29 is 19.8 Å². The second-order valence-electron chi connectivity index (χ2n) is 4.42. The van der Waals surface area contributed by atoms with E-state index in [0.29, 0.717) is 0 Å². The number of carbonyl (C=O) groups is 2. The fourth-order valence-corrected chi connectivity index (χ4v) is 1.31. The molecule has 18 heavy (non-hydrogen) atoms. The van der Waals surface area contributed by atoms with E-state index in [2.05, 4.69) is 16.0 Å². The van der Waals surface area contributed by atoms with Crippen LogP contribution in [0.5, 0.6) is 0 Å². The van der Waals surface area contributed by atoms with E-state index in [1.54, 1.807) is 0 Å². The predicted octanol–water partition coefficient (Wildman–Crippen LogP) is -1.34. The fraction of sp³-hybridized carbons (Fsp3) is 0.818. The molecule has 0 aliphatic carbocycles. The minimum absolute atomic E-state index is 0.0396. The second kappa shape index (κ2) is 8.71. The van der Waals surface area contributed by atoms with E-state index in [9.17, 15) is 9.59 Å². The third-order valence-electron chi connectivity index (χ3n) is 2.55. The van der Waals surface area contributed by atoms with Gasteiger partial charge in [0.1, 0.15) is 6.04 Å². The highest BCUT2D eigenvalue weighted by molar-refractivity contribution is 5.87. The summed E-state index contributed by atoms with van der Waals surface area (Å²) in [6.45, 7) is 3.38. The zero-order valence-corrected chi connectivity index (χ0v) is 11.1. The molecule has 0 fully saturated rings. The molecule has 7 heteroatoms. The van der Waals surface area contributed by atoms with Gasteiger partial charge in [-0.3, -0.25) is 4.79 Å². The number of urea groups is 1. The van der Waals surface area contributed by atoms with Crippen LogP contribution < -0.4 is 16.0 Å². The van der Waals surface area contributed by atoms with Crippen molar-refractivity contribution in [2.75, 3.05) is 26.8 Å². The molecule has 0 saturated carbocycles. The Morgan fingerprint density at radius 2 is 1.72 bits per heavy atom. The van der Waals surface area contributed by atoms with Crippen LogP contribution in [0.4, 0.5) is 4.79 Å². The van der Waals surface area contributed by atoms with Crippen LogP contribution in [0.2, 0.25) is 0 Å². The molecule has 3 amide bonds. The largest absolute Gasteiger partial charge is 0.396 e. The normalized spacial score (nSPS) is 12.4. The van der Waals surface area contributed by atoms with E-state index >= 15 is 0 Å². The number of aliphatic hydroxyl groups excluding tert-OH is 2. The van der Waals surface area contributed by atoms with Gasteiger partial charge in [-0.25, -0.2) is 4.79 Å². The van der Waals surface area contributed by atoms with Gasteiger partial charge in [0, 0.05) is 32.7 Å². The molecule has 0 radical (unpaired) electrons. The summed E-state index contributed by atoms with van der Waals surface area (Å²) in [6.07, 6.45) is 0. The van der Waals surface area contributed by atoms with Crippen molar-refractivity contribution in [3.05, 3.63) is 0 Å². The Morgan fingerprint density at radius 1 is 1.17 bits per heavy atom. The molecule has 0 aromatic heterocycles. The Bertz CT molecular complexity index is 267. The second-order valence-corrected chi connectivity index (χ2v) is 4.42. The molecule has 0 heterocycles. The zero-order chi connectivity index (χ0) is 14.1. The number of nitrogens with one attached hydrogen (secondary N) is 3. The van der Waals surface area contributed by atoms with E-state index in [-0.39, 0.29) is 31.6 Å². The van der Waals surface area contributed by atoms with Crippen LogP contribution in [-0.4, -0.2) is 55.0 Å². The zero-order valence-electron chi connectivity index (χ0n) is 11.1. The van der Waals surface area contributed by atoms with Gasteiger partial charge in [-0.1, -0.05) is 13.8 Å². The van der Waals surface area contributed by atoms with Gasteiger partial charge >= 0.3 is 6.03 Å². The van der Waals surface area contributed by atoms with Crippen LogP contribution in [0.1, 0.15) is 13.8 Å². The fourth-order valence-electron chi connectivity index (χ4n) is 1.31. The smallest absolute Gasteiger partial charge is 0.315 e. The number of hydrogen-bond acceptors (Lipinski definition) is 4. The van der Waals surface area contributed by atoms with Crippen molar-refractivity contribution in [1.29, 1.82) is 0 Å². The minimum Gasteiger partial charge on any atom is -0.396 e. The van der Waals surface area contributed by atoms with Crippen molar-refractivity contribution >= 4 is 11.9 Å². The Morgan fingerprint density at radius 3 is 2.11 bits per heavy atom. The van der Waals surface area contributed by atoms with Crippen molar-refractivity contribution in [1.82, 2.24) is 16.0 Å². The lowest BCUT2D eigenvalue weighted by Gasteiger charge is -2.21. The van der Waals surface area contributed by atoms with Crippen LogP contribution >= 0.6 is 0 Å². The van der Waals surface area contributed by atoms with Gasteiger partial charge < -0.3 is 26.2 Å². The number of hydrogen-bond donors (Lipinski definition) is 5. The molecule has 0 unspecified atom stereocenters. The summed E-state index contributed by atoms with van der Waals surface area (Å²) in [5.41, 5.74) is 0. The SMILES string of the molecule is CNC(=O)[C@@H](NC(=O)NCC(CO)CO)C(C)C. The molecule has 106 valence electrons. The lowest BCUT2D eigenvalue weighted by atomic mass is 10.0. The van der Waals surface area contributed by atoms with Gasteiger partial charge in [0.15, 0.2) is 0 Å². The first-order valence-corrected chi connectivity index (χ1v) is 5.93. The van der Waals surface area contributed by atoms with Crippen molar-refractivity contribution in [2.45, 2.75) is 19.9 Å². The summed E-state index contributed by atoms with van der Waals surface area (Å²) in [5.74, 6) is -0.698. The van der Waals surface area contributed by atoms with Gasteiger partial charge in [-0.15, -0.1) is 0 Å². The summed E-state index contributed by atoms with van der Waals surface area (Å²) >= 11 is 0. The summed E-state index contributed by atoms with van der Waals surface area (Å²) < 4.78 is 0. The lowest BCUT2D eigenvalue weighted by molar-refractivity contribution is -0.123. The molecule has 0 rings (SSSR count). The third-order valence-corrected chi connectivity index (χ3v) is 2.55. The first-order chi connectivity index (χ1) is 8.46. The Hall–Kier alpha value is -1.34. The van der Waals surface area contributed by atoms with Gasteiger partial charge in [0.2, 0.25) is 5.91 Å². The van der Waals surface area contributed by atoms with E-state index in [1.807, 2.05) is 13.8 Å². The van der Waals surface area contributed by atoms with E-state index in [1.165, 1.54) is 7.05 Å². The lowest BCUT2D eigenvalue weighted by Crippen LogP contribution is -2.52. The maximum atomic E-state index is 11.5. The van der Waals surface area contributed by atoms with Crippen molar-refractivity contribution in [3.8, 4) is 0 Å². The quantitative estimate of drug-likeness (QED) is 0.390. The summed E-state index contributed by atoms with van der Waals surface area (Å²) in [6, 6.07) is -1.11. The van der Waals surface area contributed by atoms with E-state index in [0.717, 1.165) is 0 Å². The highest BCUT2D eigenvalue weighted by Gasteiger charge is 2.23. The minimum atomic E-state index is -0.614. The van der Waals surface area contributed by atoms with Crippen LogP contribution in [0, 0.1) is 11.8 Å². The first kappa shape index (κ1) is 16.7. The third kappa shape index (κ3) is 5.83. The number of rotatable bonds is 7. The van der Waals surface area contributed by atoms with Crippen LogP contribution in [0.15, 0.2) is 0 Å². The predicted molar refractivity (Wildman–Crippen MR) is 66.9 cm³/mol. The monoisotopic (exact) mass is 261 g/mol. The first-order valence-electron chi connectivity index (χ1n) is 5.93. The molecule has 0 bridgehead atoms. The molecule has 0 aromatic rings. The number of aliphatic hydroxyl groups is 2. The van der Waals surface area contributed by atoms with Crippen molar-refractivity contribution in [2.24, 2.45) is 11.8 Å². The van der Waals surface area contributed by atoms with Gasteiger partial charge in [0.25, 0.3) is 0 Å². The van der Waals surface area contributed by atoms with E-state index < -0.39 is 18.0 Å². The van der Waals surface area contributed by atoms with Gasteiger partial charge in [-0.05, 0) is 5.92 Å². The molecular weight excluding hydrogens is 238 g/mol. The van der Waals surface area contributed by atoms with E-state index in [4.69, 9.17) is 10.2 Å². The summed E-state index contributed by atoms with van der Waals surface area (Å²) in [5, 5.41) is 25.2. The average molecular weight is 261 g/mol. The van der Waals surface area contributed by atoms with Crippen LogP contribution in [0.25, 0.3) is 0 Å². The number of amides is 3. The highest BCUT2D eigenvalue weighted by Crippen LogP contribution is 2.01. The molecule has 0 saturated heterocycles. The Labute approximate surface area is 107 Å². The Balaban J connectivity index is 4.22. The molecule has 1 atom stereocenters. The molecular formula is C11H23N3O4.